The standard InChI is InChI=1S/C10H11NO/c12-8-4-7-11-9-10-5-2-1-3-6-10/h1-3,5-6,11-12H,8-9H2. The van der Waals surface area contributed by atoms with Crippen LogP contribution in [-0.2, 0) is 6.54 Å². The van der Waals surface area contributed by atoms with Gasteiger partial charge in [0.05, 0.1) is 0 Å². The summed E-state index contributed by atoms with van der Waals surface area (Å²) in [5.41, 5.74) is 1.18. The summed E-state index contributed by atoms with van der Waals surface area (Å²) in [6.45, 7) is 0.621. The number of benzene rings is 1. The molecule has 0 heterocycles. The molecule has 0 unspecified atom stereocenters. The van der Waals surface area contributed by atoms with Crippen molar-refractivity contribution in [2.75, 3.05) is 6.61 Å². The fourth-order valence-electron chi connectivity index (χ4n) is 0.844. The fraction of sp³-hybridized carbons (Fsp3) is 0.200. The van der Waals surface area contributed by atoms with Crippen LogP contribution in [0.25, 0.3) is 0 Å². The van der Waals surface area contributed by atoms with Crippen LogP contribution in [0.3, 0.4) is 0 Å². The Balaban J connectivity index is 2.34. The van der Waals surface area contributed by atoms with Gasteiger partial charge in [0.25, 0.3) is 0 Å². The molecule has 0 aliphatic rings. The van der Waals surface area contributed by atoms with Crippen molar-refractivity contribution in [3.05, 3.63) is 35.9 Å². The number of rotatable bonds is 2. The molecule has 0 aliphatic heterocycles. The van der Waals surface area contributed by atoms with Crippen LogP contribution in [0.2, 0.25) is 0 Å². The Kier molecular flexibility index (Phi) is 3.76. The van der Waals surface area contributed by atoms with Gasteiger partial charge >= 0.3 is 0 Å². The third-order valence-electron chi connectivity index (χ3n) is 1.39. The van der Waals surface area contributed by atoms with E-state index in [1.54, 1.807) is 0 Å². The number of hydrogen-bond donors (Lipinski definition) is 2. The average Bonchev–Trinajstić information content (AvgIpc) is 2.14. The van der Waals surface area contributed by atoms with Crippen molar-refractivity contribution in [2.24, 2.45) is 0 Å². The average molecular weight is 161 g/mol. The van der Waals surface area contributed by atoms with Crippen LogP contribution in [0.5, 0.6) is 0 Å². The maximum Gasteiger partial charge on any atom is 0.106 e. The minimum absolute atomic E-state index is 0.0954. The van der Waals surface area contributed by atoms with Gasteiger partial charge in [-0.3, -0.25) is 0 Å². The summed E-state index contributed by atoms with van der Waals surface area (Å²) in [4.78, 5) is 0. The Hall–Kier alpha value is -1.46. The van der Waals surface area contributed by atoms with Crippen molar-refractivity contribution in [1.82, 2.24) is 5.32 Å². The van der Waals surface area contributed by atoms with E-state index in [0.717, 1.165) is 0 Å². The van der Waals surface area contributed by atoms with Crippen LogP contribution in [0, 0.1) is 12.0 Å². The lowest BCUT2D eigenvalue weighted by Crippen LogP contribution is -2.04. The van der Waals surface area contributed by atoms with Gasteiger partial charge in [0.15, 0.2) is 0 Å². The highest BCUT2D eigenvalue weighted by atomic mass is 16.2. The second-order valence-corrected chi connectivity index (χ2v) is 2.30. The fourth-order valence-corrected chi connectivity index (χ4v) is 0.844. The van der Waals surface area contributed by atoms with Gasteiger partial charge in [-0.1, -0.05) is 36.3 Å². The minimum atomic E-state index is -0.0954. The van der Waals surface area contributed by atoms with Gasteiger partial charge in [-0.25, -0.2) is 0 Å². The van der Waals surface area contributed by atoms with Crippen molar-refractivity contribution >= 4 is 0 Å². The maximum atomic E-state index is 8.35. The summed E-state index contributed by atoms with van der Waals surface area (Å²) >= 11 is 0. The topological polar surface area (TPSA) is 32.3 Å². The zero-order valence-electron chi connectivity index (χ0n) is 6.75. The van der Waals surface area contributed by atoms with Crippen molar-refractivity contribution in [1.29, 1.82) is 0 Å². The van der Waals surface area contributed by atoms with E-state index in [1.807, 2.05) is 30.3 Å². The maximum absolute atomic E-state index is 8.35. The van der Waals surface area contributed by atoms with E-state index in [0.29, 0.717) is 6.54 Å². The van der Waals surface area contributed by atoms with Gasteiger partial charge in [-0.05, 0) is 5.56 Å². The molecule has 0 aromatic heterocycles. The summed E-state index contributed by atoms with van der Waals surface area (Å²) in [6.07, 6.45) is 0. The van der Waals surface area contributed by atoms with Gasteiger partial charge < -0.3 is 10.4 Å². The third kappa shape index (κ3) is 3.09. The SMILES string of the molecule is OCC#CNCc1ccccc1. The number of nitrogens with one attached hydrogen (secondary N) is 1. The summed E-state index contributed by atoms with van der Waals surface area (Å²) < 4.78 is 0. The molecule has 2 heteroatoms. The monoisotopic (exact) mass is 161 g/mol. The number of aliphatic hydroxyl groups excluding tert-OH is 1. The molecule has 0 radical (unpaired) electrons. The first-order valence-electron chi connectivity index (χ1n) is 3.79. The van der Waals surface area contributed by atoms with Crippen LogP contribution in [0.15, 0.2) is 30.3 Å². The van der Waals surface area contributed by atoms with Gasteiger partial charge in [-0.15, -0.1) is 0 Å². The first-order valence-corrected chi connectivity index (χ1v) is 3.79. The normalized spacial score (nSPS) is 8.42. The van der Waals surface area contributed by atoms with E-state index in [4.69, 9.17) is 5.11 Å². The lowest BCUT2D eigenvalue weighted by molar-refractivity contribution is 0.350. The first kappa shape index (κ1) is 8.63. The van der Waals surface area contributed by atoms with E-state index in [9.17, 15) is 0 Å². The highest BCUT2D eigenvalue weighted by Crippen LogP contribution is 1.95. The van der Waals surface area contributed by atoms with Gasteiger partial charge in [0.1, 0.15) is 6.61 Å². The second-order valence-electron chi connectivity index (χ2n) is 2.30. The summed E-state index contributed by atoms with van der Waals surface area (Å²) in [5, 5.41) is 11.2. The molecule has 1 aromatic carbocycles. The predicted octanol–water partition coefficient (Wildman–Crippen LogP) is 0.729. The molecular formula is C10H11NO. The Morgan fingerprint density at radius 1 is 1.25 bits per heavy atom. The van der Waals surface area contributed by atoms with Gasteiger partial charge in [0.2, 0.25) is 0 Å². The zero-order chi connectivity index (χ0) is 8.65. The lowest BCUT2D eigenvalue weighted by Gasteiger charge is -1.96. The van der Waals surface area contributed by atoms with Crippen molar-refractivity contribution in [3.8, 4) is 12.0 Å². The Bertz CT molecular complexity index is 271. The lowest BCUT2D eigenvalue weighted by atomic mass is 10.2. The highest BCUT2D eigenvalue weighted by Gasteiger charge is 1.85. The summed E-state index contributed by atoms with van der Waals surface area (Å²) in [7, 11) is 0. The van der Waals surface area contributed by atoms with Gasteiger partial charge in [-0.2, -0.15) is 0 Å². The molecule has 1 rings (SSSR count). The molecule has 12 heavy (non-hydrogen) atoms. The zero-order valence-corrected chi connectivity index (χ0v) is 6.75. The molecule has 2 nitrogen and oxygen atoms in total. The van der Waals surface area contributed by atoms with Crippen molar-refractivity contribution in [3.63, 3.8) is 0 Å². The van der Waals surface area contributed by atoms with Crippen LogP contribution in [-0.4, -0.2) is 11.7 Å². The van der Waals surface area contributed by atoms with E-state index in [-0.39, 0.29) is 6.61 Å². The van der Waals surface area contributed by atoms with Crippen LogP contribution in [0.1, 0.15) is 5.56 Å². The van der Waals surface area contributed by atoms with E-state index in [1.165, 1.54) is 5.56 Å². The van der Waals surface area contributed by atoms with E-state index >= 15 is 0 Å². The molecule has 0 aliphatic carbocycles. The quantitative estimate of drug-likeness (QED) is 0.495. The van der Waals surface area contributed by atoms with Crippen molar-refractivity contribution < 1.29 is 5.11 Å². The highest BCUT2D eigenvalue weighted by molar-refractivity contribution is 5.15. The molecule has 0 spiro atoms. The second kappa shape index (κ2) is 5.22. The van der Waals surface area contributed by atoms with Crippen LogP contribution >= 0.6 is 0 Å². The molecule has 0 bridgehead atoms. The number of aliphatic hydroxyl groups is 1. The number of hydrogen-bond acceptors (Lipinski definition) is 2. The molecule has 0 saturated carbocycles. The van der Waals surface area contributed by atoms with Crippen molar-refractivity contribution in [2.45, 2.75) is 6.54 Å². The van der Waals surface area contributed by atoms with Crippen LogP contribution < -0.4 is 5.32 Å². The Morgan fingerprint density at radius 2 is 2.00 bits per heavy atom. The third-order valence-corrected chi connectivity index (χ3v) is 1.39. The van der Waals surface area contributed by atoms with Gasteiger partial charge in [0, 0.05) is 12.6 Å². The molecule has 0 atom stereocenters. The summed E-state index contributed by atoms with van der Waals surface area (Å²) in [6, 6.07) is 12.6. The molecule has 62 valence electrons. The van der Waals surface area contributed by atoms with Crippen LogP contribution in [0.4, 0.5) is 0 Å². The summed E-state index contributed by atoms with van der Waals surface area (Å²) in [5.74, 6) is 2.51. The largest absolute Gasteiger partial charge is 0.384 e. The smallest absolute Gasteiger partial charge is 0.106 e. The molecule has 1 aromatic rings. The molecule has 0 fully saturated rings. The van der Waals surface area contributed by atoms with E-state index < -0.39 is 0 Å². The molecule has 0 amide bonds. The van der Waals surface area contributed by atoms with E-state index in [2.05, 4.69) is 17.3 Å². The molecular weight excluding hydrogens is 150 g/mol. The Labute approximate surface area is 72.2 Å². The molecule has 2 N–H and O–H groups in total. The Morgan fingerprint density at radius 3 is 2.67 bits per heavy atom. The molecule has 0 saturated heterocycles. The minimum Gasteiger partial charge on any atom is -0.384 e. The first-order chi connectivity index (χ1) is 5.93. The predicted molar refractivity (Wildman–Crippen MR) is 48.1 cm³/mol.